The molecule has 8 heteroatoms. The van der Waals surface area contributed by atoms with Gasteiger partial charge in [-0.25, -0.2) is 10.9 Å². The molecule has 0 aliphatic carbocycles. The number of carbonyl (C=O) groups excluding carboxylic acids is 1. The van der Waals surface area contributed by atoms with Crippen molar-refractivity contribution in [3.63, 3.8) is 0 Å². The van der Waals surface area contributed by atoms with Gasteiger partial charge in [0.1, 0.15) is 6.04 Å². The Balaban J connectivity index is 1.52. The van der Waals surface area contributed by atoms with Gasteiger partial charge in [0, 0.05) is 17.1 Å². The Morgan fingerprint density at radius 1 is 1.08 bits per heavy atom. The minimum atomic E-state index is -4.36. The van der Waals surface area contributed by atoms with E-state index in [4.69, 9.17) is 0 Å². The summed E-state index contributed by atoms with van der Waals surface area (Å²) in [6.07, 6.45) is -3.77. The highest BCUT2D eigenvalue weighted by Crippen LogP contribution is 2.29. The van der Waals surface area contributed by atoms with E-state index in [1.807, 2.05) is 24.3 Å². The second-order valence-electron chi connectivity index (χ2n) is 6.09. The van der Waals surface area contributed by atoms with Crippen LogP contribution in [-0.2, 0) is 17.5 Å². The van der Waals surface area contributed by atoms with Gasteiger partial charge in [0.25, 0.3) is 0 Å². The molecule has 2 atom stereocenters. The summed E-state index contributed by atoms with van der Waals surface area (Å²) in [4.78, 5) is 12.3. The van der Waals surface area contributed by atoms with Crippen molar-refractivity contribution in [2.45, 2.75) is 31.2 Å². The van der Waals surface area contributed by atoms with E-state index in [2.05, 4.69) is 32.1 Å². The van der Waals surface area contributed by atoms with Gasteiger partial charge >= 0.3 is 6.18 Å². The van der Waals surface area contributed by atoms with E-state index in [0.29, 0.717) is 12.0 Å². The Hall–Kier alpha value is -1.90. The van der Waals surface area contributed by atoms with Crippen LogP contribution in [0.1, 0.15) is 29.2 Å². The second kappa shape index (κ2) is 7.77. The van der Waals surface area contributed by atoms with Crippen molar-refractivity contribution in [2.75, 3.05) is 0 Å². The van der Waals surface area contributed by atoms with E-state index in [1.54, 1.807) is 0 Å². The van der Waals surface area contributed by atoms with Crippen molar-refractivity contribution in [2.24, 2.45) is 0 Å². The summed E-state index contributed by atoms with van der Waals surface area (Å²) in [5, 5.41) is 2.75. The summed E-state index contributed by atoms with van der Waals surface area (Å²) in [6, 6.07) is 12.2. The Morgan fingerprint density at radius 2 is 1.73 bits per heavy atom. The highest BCUT2D eigenvalue weighted by molar-refractivity contribution is 9.10. The van der Waals surface area contributed by atoms with Crippen LogP contribution in [0.4, 0.5) is 13.2 Å². The molecule has 3 rings (SSSR count). The summed E-state index contributed by atoms with van der Waals surface area (Å²) >= 11 is 3.38. The minimum absolute atomic E-state index is 0.0184. The lowest BCUT2D eigenvalue weighted by atomic mass is 10.0. The van der Waals surface area contributed by atoms with Crippen LogP contribution in [0.15, 0.2) is 53.0 Å². The van der Waals surface area contributed by atoms with E-state index in [0.717, 1.165) is 22.2 Å². The smallest absolute Gasteiger partial charge is 0.351 e. The molecule has 2 aromatic rings. The van der Waals surface area contributed by atoms with Crippen LogP contribution in [0.5, 0.6) is 0 Å². The van der Waals surface area contributed by atoms with Gasteiger partial charge in [-0.2, -0.15) is 13.2 Å². The standard InChI is InChI=1S/C18H17BrF3N3O/c19-14-7-3-12(4-8-14)15-9-16(25-24-15)17(26)23-10-11-1-5-13(6-2-11)18(20,21)22/h1-8,15-16,24-25H,9-10H2,(H,23,26). The van der Waals surface area contributed by atoms with Gasteiger partial charge in [-0.1, -0.05) is 40.2 Å². The lowest BCUT2D eigenvalue weighted by molar-refractivity contribution is -0.137. The number of nitrogens with one attached hydrogen (secondary N) is 3. The summed E-state index contributed by atoms with van der Waals surface area (Å²) in [5.41, 5.74) is 7.04. The predicted molar refractivity (Wildman–Crippen MR) is 94.9 cm³/mol. The number of amides is 1. The first kappa shape index (κ1) is 18.9. The molecule has 138 valence electrons. The Kier molecular flexibility index (Phi) is 5.64. The number of alkyl halides is 3. The number of benzene rings is 2. The average Bonchev–Trinajstić information content (AvgIpc) is 3.10. The van der Waals surface area contributed by atoms with E-state index in [9.17, 15) is 18.0 Å². The summed E-state index contributed by atoms with van der Waals surface area (Å²) in [7, 11) is 0. The quantitative estimate of drug-likeness (QED) is 0.697. The van der Waals surface area contributed by atoms with Crippen LogP contribution in [0.3, 0.4) is 0 Å². The fraction of sp³-hybridized carbons (Fsp3) is 0.278. The van der Waals surface area contributed by atoms with E-state index >= 15 is 0 Å². The Morgan fingerprint density at radius 3 is 2.35 bits per heavy atom. The third kappa shape index (κ3) is 4.63. The molecule has 26 heavy (non-hydrogen) atoms. The molecule has 4 nitrogen and oxygen atoms in total. The lowest BCUT2D eigenvalue weighted by Gasteiger charge is -2.12. The molecule has 2 aromatic carbocycles. The van der Waals surface area contributed by atoms with Crippen molar-refractivity contribution < 1.29 is 18.0 Å². The van der Waals surface area contributed by atoms with Gasteiger partial charge < -0.3 is 5.32 Å². The third-order valence-corrected chi connectivity index (χ3v) is 4.77. The largest absolute Gasteiger partial charge is 0.416 e. The highest BCUT2D eigenvalue weighted by Gasteiger charge is 2.31. The minimum Gasteiger partial charge on any atom is -0.351 e. The van der Waals surface area contributed by atoms with Gasteiger partial charge in [-0.3, -0.25) is 4.79 Å². The molecular formula is C18H17BrF3N3O. The van der Waals surface area contributed by atoms with Crippen LogP contribution >= 0.6 is 15.9 Å². The molecule has 3 N–H and O–H groups in total. The van der Waals surface area contributed by atoms with Crippen LogP contribution in [0, 0.1) is 0 Å². The molecule has 1 aliphatic heterocycles. The lowest BCUT2D eigenvalue weighted by Crippen LogP contribution is -2.42. The first-order valence-corrected chi connectivity index (χ1v) is 8.82. The van der Waals surface area contributed by atoms with Crippen molar-refractivity contribution in [1.29, 1.82) is 0 Å². The van der Waals surface area contributed by atoms with Crippen molar-refractivity contribution in [1.82, 2.24) is 16.2 Å². The zero-order valence-electron chi connectivity index (χ0n) is 13.6. The Bertz CT molecular complexity index is 763. The molecule has 1 fully saturated rings. The molecule has 1 heterocycles. The molecule has 0 bridgehead atoms. The molecule has 0 radical (unpaired) electrons. The average molecular weight is 428 g/mol. The zero-order chi connectivity index (χ0) is 18.7. The molecule has 0 aromatic heterocycles. The third-order valence-electron chi connectivity index (χ3n) is 4.24. The predicted octanol–water partition coefficient (Wildman–Crippen LogP) is 3.69. The number of carbonyl (C=O) groups is 1. The molecule has 1 saturated heterocycles. The summed E-state index contributed by atoms with van der Waals surface area (Å²) in [5.74, 6) is -0.197. The maximum atomic E-state index is 12.5. The second-order valence-corrected chi connectivity index (χ2v) is 7.01. The summed E-state index contributed by atoms with van der Waals surface area (Å²) < 4.78 is 38.6. The fourth-order valence-electron chi connectivity index (χ4n) is 2.77. The van der Waals surface area contributed by atoms with E-state index in [-0.39, 0.29) is 18.5 Å². The maximum absolute atomic E-state index is 12.5. The normalized spacial score (nSPS) is 20.2. The van der Waals surface area contributed by atoms with Crippen LogP contribution in [-0.4, -0.2) is 11.9 Å². The molecular weight excluding hydrogens is 411 g/mol. The van der Waals surface area contributed by atoms with Crippen LogP contribution in [0.25, 0.3) is 0 Å². The number of hydrazine groups is 1. The van der Waals surface area contributed by atoms with Gasteiger partial charge in [0.05, 0.1) is 5.56 Å². The molecule has 2 unspecified atom stereocenters. The molecule has 0 saturated carbocycles. The first-order valence-electron chi connectivity index (χ1n) is 8.03. The van der Waals surface area contributed by atoms with Gasteiger partial charge in [-0.05, 0) is 41.8 Å². The highest BCUT2D eigenvalue weighted by atomic mass is 79.9. The number of rotatable bonds is 4. The monoisotopic (exact) mass is 427 g/mol. The maximum Gasteiger partial charge on any atom is 0.416 e. The molecule has 1 aliphatic rings. The zero-order valence-corrected chi connectivity index (χ0v) is 15.2. The van der Waals surface area contributed by atoms with Gasteiger partial charge in [0.2, 0.25) is 5.91 Å². The van der Waals surface area contributed by atoms with Crippen LogP contribution < -0.4 is 16.2 Å². The SMILES string of the molecule is O=C(NCc1ccc(C(F)(F)F)cc1)C1CC(c2ccc(Br)cc2)NN1. The summed E-state index contributed by atoms with van der Waals surface area (Å²) in [6.45, 7) is 0.179. The molecule has 1 amide bonds. The van der Waals surface area contributed by atoms with E-state index in [1.165, 1.54) is 12.1 Å². The first-order chi connectivity index (χ1) is 12.3. The number of hydrogen-bond acceptors (Lipinski definition) is 3. The van der Waals surface area contributed by atoms with Crippen molar-refractivity contribution in [3.8, 4) is 0 Å². The van der Waals surface area contributed by atoms with Crippen molar-refractivity contribution in [3.05, 3.63) is 69.7 Å². The van der Waals surface area contributed by atoms with Crippen molar-refractivity contribution >= 4 is 21.8 Å². The fourth-order valence-corrected chi connectivity index (χ4v) is 3.03. The molecule has 0 spiro atoms. The van der Waals surface area contributed by atoms with Crippen LogP contribution in [0.2, 0.25) is 0 Å². The number of halogens is 4. The number of hydrogen-bond donors (Lipinski definition) is 3. The Labute approximate surface area is 157 Å². The topological polar surface area (TPSA) is 53.2 Å². The van der Waals surface area contributed by atoms with E-state index < -0.39 is 17.8 Å². The van der Waals surface area contributed by atoms with Gasteiger partial charge in [-0.15, -0.1) is 0 Å². The van der Waals surface area contributed by atoms with Gasteiger partial charge in [0.15, 0.2) is 0 Å².